The number of rotatable bonds is 6. The van der Waals surface area contributed by atoms with Crippen LogP contribution in [-0.2, 0) is 14.9 Å². The fraction of sp³-hybridized carbons (Fsp3) is 0.556. The molecule has 1 spiro atoms. The van der Waals surface area contributed by atoms with Gasteiger partial charge in [-0.3, -0.25) is 4.79 Å². The summed E-state index contributed by atoms with van der Waals surface area (Å²) in [4.78, 5) is 26.7. The number of carbonyl (C=O) groups excluding carboxylic acids is 2. The summed E-state index contributed by atoms with van der Waals surface area (Å²) in [5, 5.41) is 5.84. The van der Waals surface area contributed by atoms with E-state index in [4.69, 9.17) is 9.47 Å². The molecule has 0 aliphatic carbocycles. The smallest absolute Gasteiger partial charge is 0.317 e. The third-order valence-corrected chi connectivity index (χ3v) is 4.93. The summed E-state index contributed by atoms with van der Waals surface area (Å²) < 4.78 is 10.6. The fourth-order valence-corrected chi connectivity index (χ4v) is 3.53. The zero-order valence-electron chi connectivity index (χ0n) is 14.8. The predicted octanol–water partition coefficient (Wildman–Crippen LogP) is 1.73. The molecule has 7 heteroatoms. The van der Waals surface area contributed by atoms with E-state index in [0.29, 0.717) is 45.0 Å². The molecule has 2 N–H and O–H groups in total. The second-order valence-corrected chi connectivity index (χ2v) is 6.40. The van der Waals surface area contributed by atoms with Gasteiger partial charge in [0.15, 0.2) is 0 Å². The maximum atomic E-state index is 12.6. The SMILES string of the molecule is CCOCCCNC(=O)N1CC[C@]2(C1)C(=O)Nc1ccc(OC)cc12. The standard InChI is InChI=1S/C18H25N3O4/c1-3-25-10-4-8-19-17(23)21-9-7-18(12-21)14-11-13(24-2)5-6-15(14)20-16(18)22/h5-6,11H,3-4,7-10,12H2,1-2H3,(H,19,23)(H,20,22)/t18-/m1/s1. The monoisotopic (exact) mass is 347 g/mol. The molecule has 1 fully saturated rings. The average molecular weight is 347 g/mol. The molecule has 0 aromatic heterocycles. The van der Waals surface area contributed by atoms with Gasteiger partial charge in [-0.05, 0) is 43.5 Å². The van der Waals surface area contributed by atoms with Crippen molar-refractivity contribution in [1.82, 2.24) is 10.2 Å². The molecule has 2 aliphatic rings. The third-order valence-electron chi connectivity index (χ3n) is 4.93. The zero-order valence-corrected chi connectivity index (χ0v) is 14.8. The maximum Gasteiger partial charge on any atom is 0.317 e. The summed E-state index contributed by atoms with van der Waals surface area (Å²) in [7, 11) is 1.61. The van der Waals surface area contributed by atoms with Gasteiger partial charge in [0.1, 0.15) is 5.75 Å². The molecule has 7 nitrogen and oxygen atoms in total. The van der Waals surface area contributed by atoms with Gasteiger partial charge in [-0.1, -0.05) is 0 Å². The van der Waals surface area contributed by atoms with E-state index in [1.54, 1.807) is 12.0 Å². The van der Waals surface area contributed by atoms with E-state index < -0.39 is 5.41 Å². The maximum absolute atomic E-state index is 12.6. The number of urea groups is 1. The Morgan fingerprint density at radius 1 is 1.44 bits per heavy atom. The van der Waals surface area contributed by atoms with Crippen molar-refractivity contribution < 1.29 is 19.1 Å². The van der Waals surface area contributed by atoms with Crippen LogP contribution in [0.3, 0.4) is 0 Å². The van der Waals surface area contributed by atoms with Crippen LogP contribution in [-0.4, -0.2) is 56.8 Å². The largest absolute Gasteiger partial charge is 0.497 e. The van der Waals surface area contributed by atoms with Crippen LogP contribution >= 0.6 is 0 Å². The Morgan fingerprint density at radius 3 is 3.04 bits per heavy atom. The molecular formula is C18H25N3O4. The van der Waals surface area contributed by atoms with Crippen molar-refractivity contribution in [1.29, 1.82) is 0 Å². The number of anilines is 1. The molecule has 0 saturated carbocycles. The molecule has 3 amide bonds. The number of hydrogen-bond donors (Lipinski definition) is 2. The summed E-state index contributed by atoms with van der Waals surface area (Å²) >= 11 is 0. The second-order valence-electron chi connectivity index (χ2n) is 6.40. The van der Waals surface area contributed by atoms with Crippen LogP contribution in [0.25, 0.3) is 0 Å². The van der Waals surface area contributed by atoms with Crippen molar-refractivity contribution in [3.05, 3.63) is 23.8 Å². The van der Waals surface area contributed by atoms with Gasteiger partial charge < -0.3 is 25.0 Å². The van der Waals surface area contributed by atoms with Crippen LogP contribution in [0.4, 0.5) is 10.5 Å². The number of ether oxygens (including phenoxy) is 2. The van der Waals surface area contributed by atoms with Gasteiger partial charge in [0.2, 0.25) is 5.91 Å². The number of fused-ring (bicyclic) bond motifs is 2. The lowest BCUT2D eigenvalue weighted by molar-refractivity contribution is -0.120. The number of benzene rings is 1. The van der Waals surface area contributed by atoms with Crippen molar-refractivity contribution in [2.45, 2.75) is 25.2 Å². The first-order valence-electron chi connectivity index (χ1n) is 8.71. The van der Waals surface area contributed by atoms with E-state index in [1.165, 1.54) is 0 Å². The summed E-state index contributed by atoms with van der Waals surface area (Å²) in [6.07, 6.45) is 1.39. The second kappa shape index (κ2) is 7.31. The third kappa shape index (κ3) is 3.28. The minimum atomic E-state index is -0.674. The van der Waals surface area contributed by atoms with E-state index in [2.05, 4.69) is 10.6 Å². The Labute approximate surface area is 147 Å². The highest BCUT2D eigenvalue weighted by atomic mass is 16.5. The van der Waals surface area contributed by atoms with Crippen molar-refractivity contribution in [2.75, 3.05) is 45.3 Å². The van der Waals surface area contributed by atoms with Gasteiger partial charge >= 0.3 is 6.03 Å². The molecule has 0 unspecified atom stereocenters. The van der Waals surface area contributed by atoms with E-state index in [1.807, 2.05) is 25.1 Å². The molecule has 2 heterocycles. The van der Waals surface area contributed by atoms with Gasteiger partial charge in [-0.25, -0.2) is 4.79 Å². The lowest BCUT2D eigenvalue weighted by atomic mass is 9.81. The molecule has 0 bridgehead atoms. The fourth-order valence-electron chi connectivity index (χ4n) is 3.53. The van der Waals surface area contributed by atoms with Crippen LogP contribution < -0.4 is 15.4 Å². The van der Waals surface area contributed by atoms with Crippen molar-refractivity contribution in [3.63, 3.8) is 0 Å². The quantitative estimate of drug-likeness (QED) is 0.768. The highest BCUT2D eigenvalue weighted by Gasteiger charge is 2.52. The van der Waals surface area contributed by atoms with Crippen LogP contribution in [0.5, 0.6) is 5.75 Å². The molecule has 25 heavy (non-hydrogen) atoms. The Bertz CT molecular complexity index is 664. The summed E-state index contributed by atoms with van der Waals surface area (Å²) in [6, 6.07) is 5.46. The highest BCUT2D eigenvalue weighted by Crippen LogP contribution is 2.45. The van der Waals surface area contributed by atoms with E-state index in [-0.39, 0.29) is 11.9 Å². The van der Waals surface area contributed by atoms with E-state index >= 15 is 0 Å². The number of nitrogens with one attached hydrogen (secondary N) is 2. The molecular weight excluding hydrogens is 322 g/mol. The average Bonchev–Trinajstić information content (AvgIpc) is 3.18. The van der Waals surface area contributed by atoms with Crippen LogP contribution in [0.2, 0.25) is 0 Å². The zero-order chi connectivity index (χ0) is 17.9. The van der Waals surface area contributed by atoms with Gasteiger partial charge in [0.05, 0.1) is 12.5 Å². The summed E-state index contributed by atoms with van der Waals surface area (Å²) in [5.74, 6) is 0.677. The molecule has 2 aliphatic heterocycles. The number of nitrogens with zero attached hydrogens (tertiary/aromatic N) is 1. The molecule has 1 atom stereocenters. The first kappa shape index (κ1) is 17.5. The molecule has 0 radical (unpaired) electrons. The van der Waals surface area contributed by atoms with Crippen molar-refractivity contribution in [3.8, 4) is 5.75 Å². The van der Waals surface area contributed by atoms with Gasteiger partial charge in [-0.15, -0.1) is 0 Å². The van der Waals surface area contributed by atoms with E-state index in [0.717, 1.165) is 17.7 Å². The van der Waals surface area contributed by atoms with Crippen LogP contribution in [0.15, 0.2) is 18.2 Å². The minimum absolute atomic E-state index is 0.0394. The molecule has 1 aromatic carbocycles. The highest BCUT2D eigenvalue weighted by molar-refractivity contribution is 6.07. The number of amides is 3. The Balaban J connectivity index is 1.66. The summed E-state index contributed by atoms with van der Waals surface area (Å²) in [5.41, 5.74) is 1.06. The molecule has 1 aromatic rings. The number of methoxy groups -OCH3 is 1. The van der Waals surface area contributed by atoms with E-state index in [9.17, 15) is 9.59 Å². The number of likely N-dealkylation sites (tertiary alicyclic amines) is 1. The van der Waals surface area contributed by atoms with Gasteiger partial charge in [0.25, 0.3) is 0 Å². The topological polar surface area (TPSA) is 79.9 Å². The van der Waals surface area contributed by atoms with Crippen LogP contribution in [0, 0.1) is 0 Å². The lowest BCUT2D eigenvalue weighted by Gasteiger charge is -2.23. The summed E-state index contributed by atoms with van der Waals surface area (Å²) in [6.45, 7) is 4.77. The van der Waals surface area contributed by atoms with Crippen LogP contribution in [0.1, 0.15) is 25.3 Å². The minimum Gasteiger partial charge on any atom is -0.497 e. The van der Waals surface area contributed by atoms with Crippen molar-refractivity contribution in [2.24, 2.45) is 0 Å². The van der Waals surface area contributed by atoms with Gasteiger partial charge in [-0.2, -0.15) is 0 Å². The Hall–Kier alpha value is -2.28. The lowest BCUT2D eigenvalue weighted by Crippen LogP contribution is -2.43. The molecule has 136 valence electrons. The normalized spacial score (nSPS) is 21.4. The predicted molar refractivity (Wildman–Crippen MR) is 94.0 cm³/mol. The van der Waals surface area contributed by atoms with Crippen molar-refractivity contribution >= 4 is 17.6 Å². The molecule has 1 saturated heterocycles. The number of carbonyl (C=O) groups is 2. The Kier molecular flexibility index (Phi) is 5.13. The molecule has 3 rings (SSSR count). The van der Waals surface area contributed by atoms with Gasteiger partial charge in [0, 0.05) is 38.5 Å². The first-order valence-corrected chi connectivity index (χ1v) is 8.71. The first-order chi connectivity index (χ1) is 12.1. The number of hydrogen-bond acceptors (Lipinski definition) is 4. The Morgan fingerprint density at radius 2 is 2.28 bits per heavy atom.